The SMILES string of the molecule is CC(C)n1ncn(-c2ccc(N3CCN(c4ccc(OC[C@@H]5CO[C@@](Cn6ccnc6)(c6ccc(F)cc6F)O5)cc4)CC3)cc2)c1=O. The molecule has 0 amide bonds. The zero-order valence-corrected chi connectivity index (χ0v) is 26.8. The number of ether oxygens (including phenoxy) is 3. The standard InChI is InChI=1S/C35H37F2N7O4/c1-25(2)44-34(45)43(24-39-44)29-6-4-27(5-7-29)41-15-17-42(18-16-41)28-8-10-30(11-9-28)46-20-31-21-47-35(48-31,22-40-14-13-38-23-40)32-12-3-26(36)19-33(32)37/h3-14,19,23-25,31H,15-18,20-22H2,1-2H3/t31-,35-/m1/s1. The normalized spacial score (nSPS) is 19.7. The lowest BCUT2D eigenvalue weighted by molar-refractivity contribution is -0.191. The molecule has 11 nitrogen and oxygen atoms in total. The quantitative estimate of drug-likeness (QED) is 0.212. The van der Waals surface area contributed by atoms with Gasteiger partial charge in [-0.1, -0.05) is 0 Å². The van der Waals surface area contributed by atoms with Gasteiger partial charge in [-0.25, -0.2) is 27.8 Å². The Morgan fingerprint density at radius 3 is 2.19 bits per heavy atom. The summed E-state index contributed by atoms with van der Waals surface area (Å²) in [6, 6.07) is 19.3. The number of halogens is 2. The van der Waals surface area contributed by atoms with Crippen LogP contribution in [0.3, 0.4) is 0 Å². The fraction of sp³-hybridized carbons (Fsp3) is 0.343. The zero-order chi connectivity index (χ0) is 33.3. The molecule has 0 spiro atoms. The molecule has 5 aromatic rings. The predicted molar refractivity (Wildman–Crippen MR) is 176 cm³/mol. The highest BCUT2D eigenvalue weighted by Crippen LogP contribution is 2.38. The lowest BCUT2D eigenvalue weighted by Gasteiger charge is -2.37. The molecule has 2 fully saturated rings. The summed E-state index contributed by atoms with van der Waals surface area (Å²) in [4.78, 5) is 21.4. The molecule has 2 saturated heterocycles. The lowest BCUT2D eigenvalue weighted by atomic mass is 10.0. The molecule has 2 aliphatic rings. The van der Waals surface area contributed by atoms with Gasteiger partial charge in [-0.05, 0) is 74.5 Å². The topological polar surface area (TPSA) is 91.8 Å². The number of hydrogen-bond acceptors (Lipinski definition) is 8. The van der Waals surface area contributed by atoms with Crippen LogP contribution in [0.5, 0.6) is 5.75 Å². The van der Waals surface area contributed by atoms with Gasteiger partial charge in [0.2, 0.25) is 5.79 Å². The van der Waals surface area contributed by atoms with Crippen LogP contribution in [-0.4, -0.2) is 69.4 Å². The van der Waals surface area contributed by atoms with Gasteiger partial charge in [-0.3, -0.25) is 0 Å². The third-order valence-corrected chi connectivity index (χ3v) is 8.74. The van der Waals surface area contributed by atoms with Gasteiger partial charge in [-0.2, -0.15) is 5.10 Å². The second kappa shape index (κ2) is 13.2. The third kappa shape index (κ3) is 6.43. The highest BCUT2D eigenvalue weighted by molar-refractivity contribution is 5.54. The molecule has 0 bridgehead atoms. The van der Waals surface area contributed by atoms with Crippen LogP contribution < -0.4 is 20.2 Å². The Labute approximate surface area is 276 Å². The van der Waals surface area contributed by atoms with Gasteiger partial charge < -0.3 is 28.6 Å². The minimum atomic E-state index is -1.45. The summed E-state index contributed by atoms with van der Waals surface area (Å²) in [5.41, 5.74) is 2.98. The average molecular weight is 658 g/mol. The first-order valence-corrected chi connectivity index (χ1v) is 16.0. The van der Waals surface area contributed by atoms with Crippen LogP contribution in [-0.2, 0) is 21.8 Å². The average Bonchev–Trinajstić information content (AvgIpc) is 3.85. The van der Waals surface area contributed by atoms with Crippen LogP contribution in [0, 0.1) is 11.6 Å². The van der Waals surface area contributed by atoms with Crippen LogP contribution in [0.2, 0.25) is 0 Å². The van der Waals surface area contributed by atoms with E-state index in [2.05, 4.69) is 19.9 Å². The summed E-state index contributed by atoms with van der Waals surface area (Å²) in [6.07, 6.45) is 6.03. The molecule has 0 N–H and O–H groups in total. The molecule has 4 heterocycles. The van der Waals surface area contributed by atoms with E-state index in [0.717, 1.165) is 49.3 Å². The van der Waals surface area contributed by atoms with Crippen molar-refractivity contribution in [2.75, 3.05) is 49.2 Å². The number of imidazole rings is 1. The van der Waals surface area contributed by atoms with Crippen molar-refractivity contribution in [3.8, 4) is 11.4 Å². The number of rotatable bonds is 10. The van der Waals surface area contributed by atoms with E-state index in [4.69, 9.17) is 14.2 Å². The predicted octanol–water partition coefficient (Wildman–Crippen LogP) is 4.76. The first-order chi connectivity index (χ1) is 23.3. The molecular weight excluding hydrogens is 620 g/mol. The summed E-state index contributed by atoms with van der Waals surface area (Å²) in [7, 11) is 0. The van der Waals surface area contributed by atoms with Crippen molar-refractivity contribution in [2.24, 2.45) is 0 Å². The maximum absolute atomic E-state index is 14.9. The van der Waals surface area contributed by atoms with E-state index in [1.54, 1.807) is 34.2 Å². The van der Waals surface area contributed by atoms with Crippen LogP contribution in [0.4, 0.5) is 20.2 Å². The summed E-state index contributed by atoms with van der Waals surface area (Å²) in [6.45, 7) is 7.81. The van der Waals surface area contributed by atoms with Gasteiger partial charge in [0.05, 0.1) is 31.2 Å². The van der Waals surface area contributed by atoms with E-state index in [1.165, 1.54) is 16.8 Å². The monoisotopic (exact) mass is 657 g/mol. The smallest absolute Gasteiger partial charge is 0.350 e. The molecule has 3 aromatic carbocycles. The first-order valence-electron chi connectivity index (χ1n) is 16.0. The van der Waals surface area contributed by atoms with Crippen LogP contribution in [0.15, 0.2) is 96.6 Å². The fourth-order valence-electron chi connectivity index (χ4n) is 6.21. The van der Waals surface area contributed by atoms with Crippen molar-refractivity contribution in [2.45, 2.75) is 38.3 Å². The van der Waals surface area contributed by atoms with Crippen molar-refractivity contribution in [1.82, 2.24) is 23.9 Å². The molecule has 2 aliphatic heterocycles. The van der Waals surface area contributed by atoms with Crippen LogP contribution in [0.25, 0.3) is 5.69 Å². The molecule has 13 heteroatoms. The maximum Gasteiger partial charge on any atom is 0.350 e. The van der Waals surface area contributed by atoms with E-state index in [1.807, 2.05) is 62.4 Å². The van der Waals surface area contributed by atoms with Gasteiger partial charge in [0.25, 0.3) is 0 Å². The van der Waals surface area contributed by atoms with Crippen molar-refractivity contribution in [3.63, 3.8) is 0 Å². The summed E-state index contributed by atoms with van der Waals surface area (Å²) in [5, 5.41) is 4.22. The number of nitrogens with zero attached hydrogens (tertiary/aromatic N) is 7. The van der Waals surface area contributed by atoms with Gasteiger partial charge in [0.15, 0.2) is 0 Å². The minimum Gasteiger partial charge on any atom is -0.491 e. The molecule has 2 aromatic heterocycles. The largest absolute Gasteiger partial charge is 0.491 e. The van der Waals surface area contributed by atoms with Gasteiger partial charge >= 0.3 is 5.69 Å². The first kappa shape index (κ1) is 31.6. The van der Waals surface area contributed by atoms with Gasteiger partial charge in [-0.15, -0.1) is 0 Å². The summed E-state index contributed by atoms with van der Waals surface area (Å²) in [5.74, 6) is -2.18. The second-order valence-corrected chi connectivity index (χ2v) is 12.3. The summed E-state index contributed by atoms with van der Waals surface area (Å²) >= 11 is 0. The van der Waals surface area contributed by atoms with E-state index in [0.29, 0.717) is 5.75 Å². The van der Waals surface area contributed by atoms with Crippen molar-refractivity contribution in [3.05, 3.63) is 119 Å². The van der Waals surface area contributed by atoms with Crippen molar-refractivity contribution in [1.29, 1.82) is 0 Å². The van der Waals surface area contributed by atoms with E-state index < -0.39 is 23.5 Å². The Morgan fingerprint density at radius 2 is 1.58 bits per heavy atom. The van der Waals surface area contributed by atoms with Gasteiger partial charge in [0.1, 0.15) is 36.4 Å². The molecule has 0 saturated carbocycles. The number of benzene rings is 3. The molecule has 0 aliphatic carbocycles. The minimum absolute atomic E-state index is 0.00279. The zero-order valence-electron chi connectivity index (χ0n) is 26.8. The molecule has 2 atom stereocenters. The molecular formula is C35H37F2N7O4. The Balaban J connectivity index is 0.929. The highest BCUT2D eigenvalue weighted by atomic mass is 19.1. The van der Waals surface area contributed by atoms with Crippen molar-refractivity contribution >= 4 is 11.4 Å². The highest BCUT2D eigenvalue weighted by Gasteiger charge is 2.45. The Bertz CT molecular complexity index is 1890. The number of aromatic nitrogens is 5. The van der Waals surface area contributed by atoms with E-state index in [9.17, 15) is 13.6 Å². The van der Waals surface area contributed by atoms with Crippen LogP contribution >= 0.6 is 0 Å². The fourth-order valence-corrected chi connectivity index (χ4v) is 6.21. The summed E-state index contributed by atoms with van der Waals surface area (Å²) < 4.78 is 51.7. The number of anilines is 2. The molecule has 250 valence electrons. The molecule has 0 unspecified atom stereocenters. The van der Waals surface area contributed by atoms with Crippen LogP contribution in [0.1, 0.15) is 25.5 Å². The number of piperazine rings is 1. The Kier molecular flexibility index (Phi) is 8.71. The molecule has 48 heavy (non-hydrogen) atoms. The third-order valence-electron chi connectivity index (χ3n) is 8.74. The molecule has 7 rings (SSSR count). The van der Waals surface area contributed by atoms with Gasteiger partial charge in [0, 0.05) is 61.6 Å². The van der Waals surface area contributed by atoms with E-state index >= 15 is 0 Å². The Morgan fingerprint density at radius 1 is 0.917 bits per heavy atom. The lowest BCUT2D eigenvalue weighted by Crippen LogP contribution is -2.46. The van der Waals surface area contributed by atoms with Crippen molar-refractivity contribution < 1.29 is 23.0 Å². The Hall–Kier alpha value is -5.01. The molecule has 0 radical (unpaired) electrons. The second-order valence-electron chi connectivity index (χ2n) is 12.3. The van der Waals surface area contributed by atoms with E-state index in [-0.39, 0.29) is 37.1 Å². The maximum atomic E-state index is 14.9. The number of hydrogen-bond donors (Lipinski definition) is 0.